The minimum absolute atomic E-state index is 0.228. The molecule has 2 nitrogen and oxygen atoms in total. The van der Waals surface area contributed by atoms with Crippen molar-refractivity contribution in [1.29, 1.82) is 0 Å². The Morgan fingerprint density at radius 3 is 2.93 bits per heavy atom. The third kappa shape index (κ3) is 4.09. The van der Waals surface area contributed by atoms with Gasteiger partial charge in [-0.25, -0.2) is 0 Å². The fraction of sp³-hybridized carbons (Fsp3) is 0.455. The SMILES string of the molecule is CCCOC(N)Cc1cccc(Cl)c1. The average molecular weight is 214 g/mol. The van der Waals surface area contributed by atoms with Gasteiger partial charge < -0.3 is 10.5 Å². The lowest BCUT2D eigenvalue weighted by Gasteiger charge is -2.12. The molecular weight excluding hydrogens is 198 g/mol. The first-order valence-corrected chi connectivity index (χ1v) is 5.21. The van der Waals surface area contributed by atoms with Gasteiger partial charge in [0.05, 0.1) is 0 Å². The van der Waals surface area contributed by atoms with E-state index in [2.05, 4.69) is 6.92 Å². The van der Waals surface area contributed by atoms with Crippen LogP contribution >= 0.6 is 11.6 Å². The molecular formula is C11H16ClNO. The highest BCUT2D eigenvalue weighted by Gasteiger charge is 2.03. The Balaban J connectivity index is 2.43. The topological polar surface area (TPSA) is 35.2 Å². The Bertz CT molecular complexity index is 278. The number of hydrogen-bond donors (Lipinski definition) is 1. The van der Waals surface area contributed by atoms with E-state index in [1.165, 1.54) is 0 Å². The van der Waals surface area contributed by atoms with E-state index in [9.17, 15) is 0 Å². The van der Waals surface area contributed by atoms with Crippen LogP contribution in [-0.4, -0.2) is 12.8 Å². The molecule has 0 bridgehead atoms. The molecule has 1 aromatic carbocycles. The van der Waals surface area contributed by atoms with E-state index in [0.29, 0.717) is 13.0 Å². The standard InChI is InChI=1S/C11H16ClNO/c1-2-6-14-11(13)8-9-4-3-5-10(12)7-9/h3-5,7,11H,2,6,8,13H2,1H3. The zero-order valence-electron chi connectivity index (χ0n) is 8.37. The molecule has 0 saturated heterocycles. The summed E-state index contributed by atoms with van der Waals surface area (Å²) in [5, 5.41) is 0.741. The van der Waals surface area contributed by atoms with Gasteiger partial charge in [-0.3, -0.25) is 0 Å². The Morgan fingerprint density at radius 1 is 1.50 bits per heavy atom. The van der Waals surface area contributed by atoms with E-state index in [-0.39, 0.29) is 6.23 Å². The summed E-state index contributed by atoms with van der Waals surface area (Å²) in [6.45, 7) is 2.77. The molecule has 0 aromatic heterocycles. The average Bonchev–Trinajstić information content (AvgIpc) is 2.15. The summed E-state index contributed by atoms with van der Waals surface area (Å²) < 4.78 is 5.37. The second-order valence-electron chi connectivity index (χ2n) is 3.24. The lowest BCUT2D eigenvalue weighted by molar-refractivity contribution is 0.0586. The molecule has 0 amide bonds. The van der Waals surface area contributed by atoms with Crippen molar-refractivity contribution in [3.63, 3.8) is 0 Å². The lowest BCUT2D eigenvalue weighted by atomic mass is 10.1. The molecule has 0 spiro atoms. The first-order chi connectivity index (χ1) is 6.72. The van der Waals surface area contributed by atoms with Crippen LogP contribution in [0.1, 0.15) is 18.9 Å². The number of nitrogens with two attached hydrogens (primary N) is 1. The molecule has 0 saturated carbocycles. The molecule has 1 aromatic rings. The molecule has 1 unspecified atom stereocenters. The highest BCUT2D eigenvalue weighted by Crippen LogP contribution is 2.12. The van der Waals surface area contributed by atoms with Crippen molar-refractivity contribution >= 4 is 11.6 Å². The summed E-state index contributed by atoms with van der Waals surface area (Å²) in [5.74, 6) is 0. The molecule has 2 N–H and O–H groups in total. The van der Waals surface area contributed by atoms with E-state index in [1.807, 2.05) is 24.3 Å². The van der Waals surface area contributed by atoms with Crippen LogP contribution in [0.15, 0.2) is 24.3 Å². The first-order valence-electron chi connectivity index (χ1n) is 4.84. The minimum atomic E-state index is -0.228. The predicted molar refractivity (Wildman–Crippen MR) is 59.4 cm³/mol. The number of hydrogen-bond acceptors (Lipinski definition) is 2. The van der Waals surface area contributed by atoms with Crippen LogP contribution in [0.4, 0.5) is 0 Å². The first kappa shape index (κ1) is 11.5. The van der Waals surface area contributed by atoms with Crippen molar-refractivity contribution in [2.75, 3.05) is 6.61 Å². The number of halogens is 1. The van der Waals surface area contributed by atoms with Gasteiger partial charge in [-0.05, 0) is 24.1 Å². The number of rotatable bonds is 5. The normalized spacial score (nSPS) is 12.8. The smallest absolute Gasteiger partial charge is 0.109 e. The van der Waals surface area contributed by atoms with Crippen molar-refractivity contribution in [3.8, 4) is 0 Å². The fourth-order valence-corrected chi connectivity index (χ4v) is 1.44. The van der Waals surface area contributed by atoms with E-state index < -0.39 is 0 Å². The quantitative estimate of drug-likeness (QED) is 0.764. The lowest BCUT2D eigenvalue weighted by Crippen LogP contribution is -2.26. The monoisotopic (exact) mass is 213 g/mol. The van der Waals surface area contributed by atoms with Crippen LogP contribution in [0.25, 0.3) is 0 Å². The van der Waals surface area contributed by atoms with E-state index in [4.69, 9.17) is 22.1 Å². The molecule has 3 heteroatoms. The van der Waals surface area contributed by atoms with Crippen LogP contribution in [0.2, 0.25) is 5.02 Å². The Morgan fingerprint density at radius 2 is 2.29 bits per heavy atom. The molecule has 0 radical (unpaired) electrons. The van der Waals surface area contributed by atoms with Crippen LogP contribution in [-0.2, 0) is 11.2 Å². The molecule has 0 fully saturated rings. The third-order valence-electron chi connectivity index (χ3n) is 1.86. The molecule has 0 aliphatic heterocycles. The van der Waals surface area contributed by atoms with Crippen LogP contribution in [0.5, 0.6) is 0 Å². The second kappa shape index (κ2) is 6.02. The minimum Gasteiger partial charge on any atom is -0.363 e. The predicted octanol–water partition coefficient (Wildman–Crippen LogP) is 2.59. The molecule has 0 heterocycles. The fourth-order valence-electron chi connectivity index (χ4n) is 1.22. The van der Waals surface area contributed by atoms with Gasteiger partial charge in [0.15, 0.2) is 0 Å². The molecule has 1 rings (SSSR count). The summed E-state index contributed by atoms with van der Waals surface area (Å²) in [6.07, 6.45) is 1.47. The zero-order valence-corrected chi connectivity index (χ0v) is 9.13. The Hall–Kier alpha value is -0.570. The van der Waals surface area contributed by atoms with Crippen LogP contribution < -0.4 is 5.73 Å². The summed E-state index contributed by atoms with van der Waals surface area (Å²) in [6, 6.07) is 7.69. The van der Waals surface area contributed by atoms with Gasteiger partial charge in [-0.2, -0.15) is 0 Å². The van der Waals surface area contributed by atoms with Gasteiger partial charge in [-0.1, -0.05) is 30.7 Å². The summed E-state index contributed by atoms with van der Waals surface area (Å²) in [4.78, 5) is 0. The summed E-state index contributed by atoms with van der Waals surface area (Å²) >= 11 is 5.85. The summed E-state index contributed by atoms with van der Waals surface area (Å²) in [7, 11) is 0. The zero-order chi connectivity index (χ0) is 10.4. The van der Waals surface area contributed by atoms with E-state index in [0.717, 1.165) is 17.0 Å². The molecule has 78 valence electrons. The van der Waals surface area contributed by atoms with Crippen molar-refractivity contribution < 1.29 is 4.74 Å². The van der Waals surface area contributed by atoms with Gasteiger partial charge in [0.25, 0.3) is 0 Å². The second-order valence-corrected chi connectivity index (χ2v) is 3.68. The Labute approximate surface area is 90.0 Å². The van der Waals surface area contributed by atoms with Gasteiger partial charge in [0.1, 0.15) is 6.23 Å². The van der Waals surface area contributed by atoms with E-state index >= 15 is 0 Å². The van der Waals surface area contributed by atoms with Gasteiger partial charge in [0, 0.05) is 18.1 Å². The maximum absolute atomic E-state index is 5.85. The Kier molecular flexibility index (Phi) is 4.94. The van der Waals surface area contributed by atoms with Gasteiger partial charge in [0.2, 0.25) is 0 Å². The molecule has 0 aliphatic rings. The third-order valence-corrected chi connectivity index (χ3v) is 2.10. The molecule has 0 aliphatic carbocycles. The highest BCUT2D eigenvalue weighted by molar-refractivity contribution is 6.30. The summed E-state index contributed by atoms with van der Waals surface area (Å²) in [5.41, 5.74) is 6.89. The maximum atomic E-state index is 5.85. The number of ether oxygens (including phenoxy) is 1. The van der Waals surface area contributed by atoms with Gasteiger partial charge >= 0.3 is 0 Å². The van der Waals surface area contributed by atoms with Crippen molar-refractivity contribution in [2.45, 2.75) is 26.0 Å². The van der Waals surface area contributed by atoms with Gasteiger partial charge in [-0.15, -0.1) is 0 Å². The number of benzene rings is 1. The van der Waals surface area contributed by atoms with Crippen LogP contribution in [0.3, 0.4) is 0 Å². The van der Waals surface area contributed by atoms with E-state index in [1.54, 1.807) is 0 Å². The molecule has 1 atom stereocenters. The maximum Gasteiger partial charge on any atom is 0.109 e. The highest BCUT2D eigenvalue weighted by atomic mass is 35.5. The molecule has 14 heavy (non-hydrogen) atoms. The van der Waals surface area contributed by atoms with Crippen molar-refractivity contribution in [1.82, 2.24) is 0 Å². The van der Waals surface area contributed by atoms with Crippen molar-refractivity contribution in [3.05, 3.63) is 34.9 Å². The van der Waals surface area contributed by atoms with Crippen LogP contribution in [0, 0.1) is 0 Å². The van der Waals surface area contributed by atoms with Crippen molar-refractivity contribution in [2.24, 2.45) is 5.73 Å². The largest absolute Gasteiger partial charge is 0.363 e.